The van der Waals surface area contributed by atoms with Crippen molar-refractivity contribution in [1.29, 1.82) is 0 Å². The first kappa shape index (κ1) is 10.7. The smallest absolute Gasteiger partial charge is 0.170 e. The fourth-order valence-electron chi connectivity index (χ4n) is 2.74. The molecule has 1 aromatic rings. The number of halogens is 1. The summed E-state index contributed by atoms with van der Waals surface area (Å²) in [4.78, 5) is 14.2. The van der Waals surface area contributed by atoms with E-state index in [1.807, 2.05) is 7.05 Å². The summed E-state index contributed by atoms with van der Waals surface area (Å²) in [6.45, 7) is 1.65. The summed E-state index contributed by atoms with van der Waals surface area (Å²) in [5.41, 5.74) is 0.0682. The van der Waals surface area contributed by atoms with Crippen LogP contribution in [0, 0.1) is 5.82 Å². The fraction of sp³-hybridized carbons (Fsp3) is 0.462. The SMILES string of the molecule is CN1CCC2(CC(=O)c3ccc(F)cc3O2)C1. The van der Waals surface area contributed by atoms with Crippen LogP contribution in [0.2, 0.25) is 0 Å². The lowest BCUT2D eigenvalue weighted by molar-refractivity contribution is 0.0474. The van der Waals surface area contributed by atoms with Gasteiger partial charge in [-0.1, -0.05) is 0 Å². The summed E-state index contributed by atoms with van der Waals surface area (Å²) >= 11 is 0. The van der Waals surface area contributed by atoms with Crippen molar-refractivity contribution in [2.45, 2.75) is 18.4 Å². The fourth-order valence-corrected chi connectivity index (χ4v) is 2.74. The Labute approximate surface area is 99.2 Å². The van der Waals surface area contributed by atoms with Crippen LogP contribution in [0.4, 0.5) is 4.39 Å². The van der Waals surface area contributed by atoms with Crippen LogP contribution in [0.5, 0.6) is 5.75 Å². The van der Waals surface area contributed by atoms with Gasteiger partial charge in [0.25, 0.3) is 0 Å². The molecular weight excluding hydrogens is 221 g/mol. The van der Waals surface area contributed by atoms with E-state index in [0.29, 0.717) is 17.7 Å². The van der Waals surface area contributed by atoms with Gasteiger partial charge in [0.15, 0.2) is 5.78 Å². The van der Waals surface area contributed by atoms with Gasteiger partial charge in [-0.05, 0) is 19.2 Å². The van der Waals surface area contributed by atoms with Crippen molar-refractivity contribution in [2.75, 3.05) is 20.1 Å². The van der Waals surface area contributed by atoms with Crippen LogP contribution >= 0.6 is 0 Å². The average molecular weight is 235 g/mol. The Kier molecular flexibility index (Phi) is 2.23. The number of rotatable bonds is 0. The standard InChI is InChI=1S/C13H14FNO2/c1-15-5-4-13(8-15)7-11(16)10-3-2-9(14)6-12(10)17-13/h2-3,6H,4-5,7-8H2,1H3. The second kappa shape index (κ2) is 3.53. The summed E-state index contributed by atoms with van der Waals surface area (Å²) in [5, 5.41) is 0. The molecule has 3 nitrogen and oxygen atoms in total. The van der Waals surface area contributed by atoms with Crippen molar-refractivity contribution in [2.24, 2.45) is 0 Å². The number of Topliss-reactive ketones (excluding diaryl/α,β-unsaturated/α-hetero) is 1. The van der Waals surface area contributed by atoms with E-state index in [1.54, 1.807) is 0 Å². The van der Waals surface area contributed by atoms with Gasteiger partial charge in [-0.15, -0.1) is 0 Å². The number of carbonyl (C=O) groups is 1. The van der Waals surface area contributed by atoms with Gasteiger partial charge in [0.05, 0.1) is 12.0 Å². The van der Waals surface area contributed by atoms with Crippen molar-refractivity contribution in [3.8, 4) is 5.75 Å². The summed E-state index contributed by atoms with van der Waals surface area (Å²) in [6.07, 6.45) is 1.22. The lowest BCUT2D eigenvalue weighted by Gasteiger charge is -2.34. The predicted molar refractivity (Wildman–Crippen MR) is 60.8 cm³/mol. The molecule has 0 amide bonds. The van der Waals surface area contributed by atoms with Gasteiger partial charge in [0, 0.05) is 25.6 Å². The Balaban J connectivity index is 2.00. The first-order valence-corrected chi connectivity index (χ1v) is 5.78. The molecular formula is C13H14FNO2. The summed E-state index contributed by atoms with van der Waals surface area (Å²) in [6, 6.07) is 4.13. The Hall–Kier alpha value is -1.42. The van der Waals surface area contributed by atoms with E-state index >= 15 is 0 Å². The molecule has 0 bridgehead atoms. The predicted octanol–water partition coefficient (Wildman–Crippen LogP) is 1.87. The van der Waals surface area contributed by atoms with Crippen molar-refractivity contribution in [1.82, 2.24) is 4.90 Å². The van der Waals surface area contributed by atoms with Gasteiger partial charge < -0.3 is 9.64 Å². The van der Waals surface area contributed by atoms with Crippen LogP contribution in [-0.4, -0.2) is 36.4 Å². The number of fused-ring (bicyclic) bond motifs is 1. The Morgan fingerprint density at radius 2 is 2.29 bits per heavy atom. The molecule has 1 unspecified atom stereocenters. The number of benzene rings is 1. The third-order valence-electron chi connectivity index (χ3n) is 3.56. The number of hydrogen-bond acceptors (Lipinski definition) is 3. The zero-order chi connectivity index (χ0) is 12.0. The molecule has 2 aliphatic rings. The van der Waals surface area contributed by atoms with Crippen LogP contribution in [0.1, 0.15) is 23.2 Å². The monoisotopic (exact) mass is 235 g/mol. The van der Waals surface area contributed by atoms with Gasteiger partial charge in [0.2, 0.25) is 0 Å². The van der Waals surface area contributed by atoms with E-state index in [0.717, 1.165) is 19.5 Å². The summed E-state index contributed by atoms with van der Waals surface area (Å²) in [5.74, 6) is 0.0954. The van der Waals surface area contributed by atoms with Crippen LogP contribution in [0.25, 0.3) is 0 Å². The number of ether oxygens (including phenoxy) is 1. The lowest BCUT2D eigenvalue weighted by atomic mass is 9.89. The maximum atomic E-state index is 13.2. The molecule has 1 aromatic carbocycles. The molecule has 4 heteroatoms. The summed E-state index contributed by atoms with van der Waals surface area (Å²) < 4.78 is 19.1. The highest BCUT2D eigenvalue weighted by atomic mass is 19.1. The molecule has 1 spiro atoms. The third kappa shape index (κ3) is 1.72. The van der Waals surface area contributed by atoms with Crippen molar-refractivity contribution in [3.63, 3.8) is 0 Å². The van der Waals surface area contributed by atoms with Crippen molar-refractivity contribution in [3.05, 3.63) is 29.6 Å². The number of likely N-dealkylation sites (tertiary alicyclic amines) is 1. The van der Waals surface area contributed by atoms with E-state index in [-0.39, 0.29) is 11.6 Å². The molecule has 1 fully saturated rings. The van der Waals surface area contributed by atoms with Gasteiger partial charge in [0.1, 0.15) is 17.2 Å². The maximum absolute atomic E-state index is 13.2. The minimum Gasteiger partial charge on any atom is -0.485 e. The summed E-state index contributed by atoms with van der Waals surface area (Å²) in [7, 11) is 2.00. The van der Waals surface area contributed by atoms with Gasteiger partial charge >= 0.3 is 0 Å². The van der Waals surface area contributed by atoms with E-state index < -0.39 is 5.60 Å². The highest BCUT2D eigenvalue weighted by Crippen LogP contribution is 2.38. The second-order valence-electron chi connectivity index (χ2n) is 5.01. The zero-order valence-corrected chi connectivity index (χ0v) is 9.70. The first-order valence-electron chi connectivity index (χ1n) is 5.78. The molecule has 3 rings (SSSR count). The number of carbonyl (C=O) groups excluding carboxylic acids is 1. The molecule has 0 radical (unpaired) electrons. The van der Waals surface area contributed by atoms with Gasteiger partial charge in [-0.2, -0.15) is 0 Å². The van der Waals surface area contributed by atoms with Crippen LogP contribution in [0.3, 0.4) is 0 Å². The van der Waals surface area contributed by atoms with E-state index in [2.05, 4.69) is 4.90 Å². The second-order valence-corrected chi connectivity index (χ2v) is 5.01. The number of hydrogen-bond donors (Lipinski definition) is 0. The number of likely N-dealkylation sites (N-methyl/N-ethyl adjacent to an activating group) is 1. The molecule has 90 valence electrons. The Morgan fingerprint density at radius 1 is 1.47 bits per heavy atom. The Morgan fingerprint density at radius 3 is 3.00 bits per heavy atom. The van der Waals surface area contributed by atoms with E-state index in [4.69, 9.17) is 4.74 Å². The Bertz CT molecular complexity index is 488. The van der Waals surface area contributed by atoms with Crippen LogP contribution in [0.15, 0.2) is 18.2 Å². The molecule has 17 heavy (non-hydrogen) atoms. The normalized spacial score (nSPS) is 28.2. The minimum absolute atomic E-state index is 0.0570. The molecule has 0 N–H and O–H groups in total. The molecule has 0 saturated carbocycles. The highest BCUT2D eigenvalue weighted by Gasteiger charge is 2.44. The first-order chi connectivity index (χ1) is 8.08. The quantitative estimate of drug-likeness (QED) is 0.687. The lowest BCUT2D eigenvalue weighted by Crippen LogP contribution is -2.44. The topological polar surface area (TPSA) is 29.5 Å². The average Bonchev–Trinajstić information content (AvgIpc) is 2.58. The third-order valence-corrected chi connectivity index (χ3v) is 3.56. The van der Waals surface area contributed by atoms with Crippen LogP contribution in [-0.2, 0) is 0 Å². The maximum Gasteiger partial charge on any atom is 0.170 e. The van der Waals surface area contributed by atoms with Gasteiger partial charge in [-0.3, -0.25) is 4.79 Å². The molecule has 0 aliphatic carbocycles. The number of ketones is 1. The van der Waals surface area contributed by atoms with E-state index in [1.165, 1.54) is 18.2 Å². The van der Waals surface area contributed by atoms with Gasteiger partial charge in [-0.25, -0.2) is 4.39 Å². The minimum atomic E-state index is -0.438. The van der Waals surface area contributed by atoms with Crippen LogP contribution < -0.4 is 4.74 Å². The van der Waals surface area contributed by atoms with Crippen molar-refractivity contribution < 1.29 is 13.9 Å². The van der Waals surface area contributed by atoms with Crippen molar-refractivity contribution >= 4 is 5.78 Å². The van der Waals surface area contributed by atoms with E-state index in [9.17, 15) is 9.18 Å². The number of nitrogens with zero attached hydrogens (tertiary/aromatic N) is 1. The molecule has 1 saturated heterocycles. The molecule has 2 aliphatic heterocycles. The molecule has 1 atom stereocenters. The largest absolute Gasteiger partial charge is 0.485 e. The molecule has 0 aromatic heterocycles. The molecule has 2 heterocycles. The zero-order valence-electron chi connectivity index (χ0n) is 9.70. The highest BCUT2D eigenvalue weighted by molar-refractivity contribution is 6.00.